The third kappa shape index (κ3) is 3.07. The molecule has 1 heterocycles. The van der Waals surface area contributed by atoms with Gasteiger partial charge < -0.3 is 9.84 Å². The van der Waals surface area contributed by atoms with Crippen LogP contribution in [0.5, 0.6) is 0 Å². The lowest BCUT2D eigenvalue weighted by Crippen LogP contribution is -2.40. The molecule has 0 bridgehead atoms. The molecule has 1 fully saturated rings. The van der Waals surface area contributed by atoms with Crippen LogP contribution in [0.2, 0.25) is 5.02 Å². The summed E-state index contributed by atoms with van der Waals surface area (Å²) in [5.41, 5.74) is 0.491. The lowest BCUT2D eigenvalue weighted by molar-refractivity contribution is -0.106. The highest BCUT2D eigenvalue weighted by molar-refractivity contribution is 7.80. The third-order valence-electron chi connectivity index (χ3n) is 3.50. The number of aromatic nitrogens is 1. The van der Waals surface area contributed by atoms with Crippen molar-refractivity contribution in [3.63, 3.8) is 0 Å². The predicted octanol–water partition coefficient (Wildman–Crippen LogP) is 3.44. The normalized spacial score (nSPS) is 13.7. The van der Waals surface area contributed by atoms with E-state index in [-0.39, 0.29) is 33.1 Å². The average Bonchev–Trinajstić information content (AvgIpc) is 3.24. The van der Waals surface area contributed by atoms with Gasteiger partial charge in [-0.1, -0.05) is 22.8 Å². The van der Waals surface area contributed by atoms with Gasteiger partial charge in [0.05, 0.1) is 10.6 Å². The molecule has 1 aromatic heterocycles. The van der Waals surface area contributed by atoms with Crippen molar-refractivity contribution in [2.75, 3.05) is 4.90 Å². The number of hydrogen-bond donors (Lipinski definition) is 1. The van der Waals surface area contributed by atoms with E-state index in [1.54, 1.807) is 13.0 Å². The van der Waals surface area contributed by atoms with E-state index in [1.807, 2.05) is 0 Å². The minimum Gasteiger partial charge on any atom is -0.359 e. The van der Waals surface area contributed by atoms with Crippen molar-refractivity contribution < 1.29 is 13.7 Å². The molecule has 5 nitrogen and oxygen atoms in total. The fourth-order valence-corrected chi connectivity index (χ4v) is 2.77. The second-order valence-corrected chi connectivity index (χ2v) is 6.03. The standard InChI is InChI=1S/C15H13ClFN3O2S/c1-8-14(20(7-21)15(23)18-9-5-6-9)13(19-22-8)12-10(16)3-2-4-11(12)17/h2-4,7,9H,5-6H2,1H3,(H,18,23). The summed E-state index contributed by atoms with van der Waals surface area (Å²) in [7, 11) is 0. The highest BCUT2D eigenvalue weighted by Crippen LogP contribution is 2.38. The quantitative estimate of drug-likeness (QED) is 0.674. The van der Waals surface area contributed by atoms with E-state index in [0.29, 0.717) is 12.2 Å². The summed E-state index contributed by atoms with van der Waals surface area (Å²) in [5, 5.41) is 7.32. The van der Waals surface area contributed by atoms with E-state index >= 15 is 0 Å². The van der Waals surface area contributed by atoms with Gasteiger partial charge in [0.1, 0.15) is 17.2 Å². The van der Waals surface area contributed by atoms with Crippen LogP contribution in [-0.2, 0) is 4.79 Å². The molecule has 1 N–H and O–H groups in total. The lowest BCUT2D eigenvalue weighted by Gasteiger charge is -2.19. The molecular weight excluding hydrogens is 341 g/mol. The van der Waals surface area contributed by atoms with E-state index in [1.165, 1.54) is 17.0 Å². The van der Waals surface area contributed by atoms with Crippen LogP contribution in [0.15, 0.2) is 22.7 Å². The predicted molar refractivity (Wildman–Crippen MR) is 88.9 cm³/mol. The summed E-state index contributed by atoms with van der Waals surface area (Å²) in [5.74, 6) is -0.217. The summed E-state index contributed by atoms with van der Waals surface area (Å²) < 4.78 is 19.3. The van der Waals surface area contributed by atoms with Gasteiger partial charge in [0.25, 0.3) is 0 Å². The Hall–Kier alpha value is -1.99. The van der Waals surface area contributed by atoms with E-state index in [4.69, 9.17) is 28.3 Å². The first-order valence-corrected chi connectivity index (χ1v) is 7.77. The smallest absolute Gasteiger partial charge is 0.220 e. The van der Waals surface area contributed by atoms with Gasteiger partial charge in [-0.15, -0.1) is 0 Å². The zero-order valence-electron chi connectivity index (χ0n) is 12.2. The van der Waals surface area contributed by atoms with Crippen molar-refractivity contribution in [3.05, 3.63) is 34.8 Å². The maximum absolute atomic E-state index is 14.2. The second-order valence-electron chi connectivity index (χ2n) is 5.23. The lowest BCUT2D eigenvalue weighted by atomic mass is 10.1. The van der Waals surface area contributed by atoms with Crippen LogP contribution in [-0.4, -0.2) is 22.7 Å². The zero-order chi connectivity index (χ0) is 16.6. The Morgan fingerprint density at radius 3 is 2.91 bits per heavy atom. The van der Waals surface area contributed by atoms with Crippen LogP contribution in [0.3, 0.4) is 0 Å². The maximum atomic E-state index is 14.2. The van der Waals surface area contributed by atoms with Crippen molar-refractivity contribution in [2.45, 2.75) is 25.8 Å². The molecule has 1 aliphatic carbocycles. The van der Waals surface area contributed by atoms with E-state index in [9.17, 15) is 9.18 Å². The number of anilines is 1. The molecular formula is C15H13ClFN3O2S. The summed E-state index contributed by atoms with van der Waals surface area (Å²) in [6, 6.07) is 4.57. The molecule has 1 saturated carbocycles. The molecule has 120 valence electrons. The highest BCUT2D eigenvalue weighted by Gasteiger charge is 2.29. The molecule has 8 heteroatoms. The number of thiocarbonyl (C=S) groups is 1. The monoisotopic (exact) mass is 353 g/mol. The number of nitrogens with one attached hydrogen (secondary N) is 1. The molecule has 0 saturated heterocycles. The molecule has 0 unspecified atom stereocenters. The second kappa shape index (κ2) is 6.25. The first kappa shape index (κ1) is 15.9. The Bertz CT molecular complexity index is 756. The van der Waals surface area contributed by atoms with Gasteiger partial charge in [-0.05, 0) is 44.1 Å². The minimum atomic E-state index is -0.557. The fourth-order valence-electron chi connectivity index (χ4n) is 2.21. The number of rotatable bonds is 4. The largest absolute Gasteiger partial charge is 0.359 e. The van der Waals surface area contributed by atoms with Crippen molar-refractivity contribution in [3.8, 4) is 11.3 Å². The Morgan fingerprint density at radius 1 is 1.57 bits per heavy atom. The number of nitrogens with zero attached hydrogens (tertiary/aromatic N) is 2. The van der Waals surface area contributed by atoms with Crippen molar-refractivity contribution in [1.29, 1.82) is 0 Å². The van der Waals surface area contributed by atoms with Gasteiger partial charge in [-0.25, -0.2) is 4.39 Å². The van der Waals surface area contributed by atoms with Gasteiger partial charge in [-0.3, -0.25) is 9.69 Å². The van der Waals surface area contributed by atoms with Crippen molar-refractivity contribution in [1.82, 2.24) is 10.5 Å². The number of amides is 1. The number of hydrogen-bond acceptors (Lipinski definition) is 4. The van der Waals surface area contributed by atoms with Gasteiger partial charge in [0, 0.05) is 6.04 Å². The highest BCUT2D eigenvalue weighted by atomic mass is 35.5. The molecule has 1 aromatic carbocycles. The van der Waals surface area contributed by atoms with Crippen molar-refractivity contribution >= 4 is 41.0 Å². The molecule has 2 aromatic rings. The number of carbonyl (C=O) groups is 1. The summed E-state index contributed by atoms with van der Waals surface area (Å²) >= 11 is 11.4. The zero-order valence-corrected chi connectivity index (χ0v) is 13.7. The van der Waals surface area contributed by atoms with Crippen LogP contribution in [0.4, 0.5) is 10.1 Å². The van der Waals surface area contributed by atoms with Crippen LogP contribution in [0.1, 0.15) is 18.6 Å². The fraction of sp³-hybridized carbons (Fsp3) is 0.267. The van der Waals surface area contributed by atoms with Crippen LogP contribution < -0.4 is 10.2 Å². The molecule has 0 aliphatic heterocycles. The van der Waals surface area contributed by atoms with Crippen LogP contribution in [0.25, 0.3) is 11.3 Å². The SMILES string of the molecule is Cc1onc(-c2c(F)cccc2Cl)c1N(C=O)C(=S)NC1CC1. The molecule has 23 heavy (non-hydrogen) atoms. The topological polar surface area (TPSA) is 58.4 Å². The molecule has 0 spiro atoms. The van der Waals surface area contributed by atoms with Crippen molar-refractivity contribution in [2.24, 2.45) is 0 Å². The van der Waals surface area contributed by atoms with Gasteiger partial charge in [0.2, 0.25) is 6.41 Å². The summed E-state index contributed by atoms with van der Waals surface area (Å²) in [6.07, 6.45) is 2.55. The molecule has 3 rings (SSSR count). The molecule has 0 atom stereocenters. The minimum absolute atomic E-state index is 0.0714. The Balaban J connectivity index is 2.07. The average molecular weight is 354 g/mol. The first-order chi connectivity index (χ1) is 11.0. The Kier molecular flexibility index (Phi) is 4.32. The van der Waals surface area contributed by atoms with Gasteiger partial charge in [-0.2, -0.15) is 0 Å². The Morgan fingerprint density at radius 2 is 2.30 bits per heavy atom. The summed E-state index contributed by atoms with van der Waals surface area (Å²) in [4.78, 5) is 12.7. The third-order valence-corrected chi connectivity index (χ3v) is 4.13. The van der Waals surface area contributed by atoms with E-state index in [2.05, 4.69) is 10.5 Å². The molecule has 1 aliphatic rings. The van der Waals surface area contributed by atoms with Crippen LogP contribution >= 0.6 is 23.8 Å². The Labute approximate surface area is 142 Å². The molecule has 1 amide bonds. The van der Waals surface area contributed by atoms with Crippen LogP contribution in [0, 0.1) is 12.7 Å². The maximum Gasteiger partial charge on any atom is 0.220 e. The number of aryl methyl sites for hydroxylation is 1. The van der Waals surface area contributed by atoms with E-state index < -0.39 is 5.82 Å². The summed E-state index contributed by atoms with van der Waals surface area (Å²) in [6.45, 7) is 1.62. The van der Waals surface area contributed by atoms with Gasteiger partial charge >= 0.3 is 0 Å². The number of benzene rings is 1. The van der Waals surface area contributed by atoms with E-state index in [0.717, 1.165) is 12.8 Å². The number of carbonyl (C=O) groups excluding carboxylic acids is 1. The first-order valence-electron chi connectivity index (χ1n) is 6.98. The number of halogens is 2. The van der Waals surface area contributed by atoms with Gasteiger partial charge in [0.15, 0.2) is 10.9 Å². The molecule has 0 radical (unpaired) electrons.